The number of fused-ring (bicyclic) bond motifs is 1. The lowest BCUT2D eigenvalue weighted by atomic mass is 10.6. The van der Waals surface area contributed by atoms with E-state index >= 15 is 0 Å². The highest BCUT2D eigenvalue weighted by atomic mass is 127. The second-order valence-corrected chi connectivity index (χ2v) is 3.62. The number of rotatable bonds is 0. The molecular weight excluding hydrogens is 241 g/mol. The second kappa shape index (κ2) is 2.11. The van der Waals surface area contributed by atoms with Gasteiger partial charge in [-0.15, -0.1) is 0 Å². The van der Waals surface area contributed by atoms with Crippen LogP contribution in [0.3, 0.4) is 0 Å². The van der Waals surface area contributed by atoms with Gasteiger partial charge in [0.1, 0.15) is 5.82 Å². The van der Waals surface area contributed by atoms with E-state index in [9.17, 15) is 0 Å². The van der Waals surface area contributed by atoms with Crippen LogP contribution in [-0.2, 0) is 6.54 Å². The monoisotopic (exact) mass is 249 g/mol. The minimum atomic E-state index is 1.04. The molecule has 0 aliphatic carbocycles. The molecule has 0 amide bonds. The lowest BCUT2D eigenvalue weighted by molar-refractivity contribution is 0.691. The first-order valence-electron chi connectivity index (χ1n) is 3.21. The van der Waals surface area contributed by atoms with Crippen molar-refractivity contribution in [3.05, 3.63) is 9.77 Å². The number of nitrogens with zero attached hydrogens (tertiary/aromatic N) is 3. The van der Waals surface area contributed by atoms with Gasteiger partial charge >= 0.3 is 0 Å². The maximum absolute atomic E-state index is 4.21. The minimum absolute atomic E-state index is 1.04. The van der Waals surface area contributed by atoms with E-state index in [1.54, 1.807) is 0 Å². The first kappa shape index (κ1) is 6.45. The fraction of sp³-hybridized carbons (Fsp3) is 0.500. The molecule has 0 aromatic carbocycles. The number of aromatic nitrogens is 2. The van der Waals surface area contributed by atoms with Gasteiger partial charge in [0, 0.05) is 13.6 Å². The first-order chi connectivity index (χ1) is 4.79. The molecule has 3 nitrogen and oxygen atoms in total. The second-order valence-electron chi connectivity index (χ2n) is 2.46. The van der Waals surface area contributed by atoms with Crippen LogP contribution in [0.2, 0.25) is 0 Å². The van der Waals surface area contributed by atoms with E-state index in [2.05, 4.69) is 39.6 Å². The zero-order valence-electron chi connectivity index (χ0n) is 5.71. The molecule has 54 valence electrons. The summed E-state index contributed by atoms with van der Waals surface area (Å²) in [5.41, 5.74) is 0. The standard InChI is InChI=1S/C6H8IN3/c1-9-2-3-10-6(9)5(7)4-8-10/h4H,2-3H2,1H3. The molecule has 1 aliphatic heterocycles. The molecule has 0 radical (unpaired) electrons. The molecule has 4 heteroatoms. The molecule has 2 rings (SSSR count). The van der Waals surface area contributed by atoms with Crippen LogP contribution in [0.15, 0.2) is 6.20 Å². The highest BCUT2D eigenvalue weighted by molar-refractivity contribution is 14.1. The predicted molar refractivity (Wildman–Crippen MR) is 48.2 cm³/mol. The third-order valence-corrected chi connectivity index (χ3v) is 2.54. The quantitative estimate of drug-likeness (QED) is 0.638. The van der Waals surface area contributed by atoms with Gasteiger partial charge in [0.2, 0.25) is 0 Å². The maximum atomic E-state index is 4.21. The minimum Gasteiger partial charge on any atom is -0.357 e. The van der Waals surface area contributed by atoms with E-state index in [-0.39, 0.29) is 0 Å². The van der Waals surface area contributed by atoms with E-state index in [1.165, 1.54) is 9.39 Å². The summed E-state index contributed by atoms with van der Waals surface area (Å²) in [5.74, 6) is 1.26. The largest absolute Gasteiger partial charge is 0.357 e. The van der Waals surface area contributed by atoms with Gasteiger partial charge in [0.15, 0.2) is 0 Å². The Hall–Kier alpha value is -0.260. The third kappa shape index (κ3) is 0.744. The lowest BCUT2D eigenvalue weighted by Gasteiger charge is -2.07. The Morgan fingerprint density at radius 3 is 3.10 bits per heavy atom. The average Bonchev–Trinajstić information content (AvgIpc) is 2.40. The Kier molecular flexibility index (Phi) is 1.36. The Morgan fingerprint density at radius 1 is 1.60 bits per heavy atom. The van der Waals surface area contributed by atoms with E-state index in [0.29, 0.717) is 0 Å². The third-order valence-electron chi connectivity index (χ3n) is 1.78. The molecule has 0 atom stereocenters. The molecule has 0 spiro atoms. The average molecular weight is 249 g/mol. The zero-order valence-corrected chi connectivity index (χ0v) is 7.87. The summed E-state index contributed by atoms with van der Waals surface area (Å²) in [5, 5.41) is 4.21. The molecule has 0 bridgehead atoms. The highest BCUT2D eigenvalue weighted by Gasteiger charge is 2.18. The van der Waals surface area contributed by atoms with E-state index in [4.69, 9.17) is 0 Å². The van der Waals surface area contributed by atoms with Gasteiger partial charge in [-0.05, 0) is 22.6 Å². The van der Waals surface area contributed by atoms with Crippen LogP contribution in [0.25, 0.3) is 0 Å². The van der Waals surface area contributed by atoms with Gasteiger partial charge < -0.3 is 4.90 Å². The first-order valence-corrected chi connectivity index (χ1v) is 4.29. The Morgan fingerprint density at radius 2 is 2.40 bits per heavy atom. The summed E-state index contributed by atoms with van der Waals surface area (Å²) in [6.07, 6.45) is 1.91. The number of halogens is 1. The Balaban J connectivity index is 2.54. The molecule has 1 aromatic rings. The summed E-state index contributed by atoms with van der Waals surface area (Å²) < 4.78 is 3.29. The van der Waals surface area contributed by atoms with Crippen LogP contribution >= 0.6 is 22.6 Å². The molecule has 1 aliphatic rings. The molecule has 1 aromatic heterocycles. The number of hydrogen-bond donors (Lipinski definition) is 0. The van der Waals surface area contributed by atoms with Gasteiger partial charge in [0.05, 0.1) is 16.3 Å². The van der Waals surface area contributed by atoms with Crippen molar-refractivity contribution in [2.45, 2.75) is 6.54 Å². The molecule has 0 saturated heterocycles. The predicted octanol–water partition coefficient (Wildman–Crippen LogP) is 0.937. The fourth-order valence-corrected chi connectivity index (χ4v) is 2.06. The molecule has 0 fully saturated rings. The smallest absolute Gasteiger partial charge is 0.140 e. The molecule has 10 heavy (non-hydrogen) atoms. The molecular formula is C6H8IN3. The number of likely N-dealkylation sites (N-methyl/N-ethyl adjacent to an activating group) is 1. The SMILES string of the molecule is CN1CCn2ncc(I)c21. The van der Waals surface area contributed by atoms with Crippen LogP contribution in [-0.4, -0.2) is 23.4 Å². The molecule has 0 N–H and O–H groups in total. The normalized spacial score (nSPS) is 16.0. The van der Waals surface area contributed by atoms with Gasteiger partial charge in [-0.3, -0.25) is 0 Å². The van der Waals surface area contributed by atoms with Gasteiger partial charge in [-0.1, -0.05) is 0 Å². The summed E-state index contributed by atoms with van der Waals surface area (Å²) in [4.78, 5) is 2.23. The summed E-state index contributed by atoms with van der Waals surface area (Å²) >= 11 is 2.31. The van der Waals surface area contributed by atoms with Gasteiger partial charge in [-0.2, -0.15) is 5.10 Å². The van der Waals surface area contributed by atoms with E-state index in [1.807, 2.05) is 10.9 Å². The lowest BCUT2D eigenvalue weighted by Crippen LogP contribution is -2.13. The summed E-state index contributed by atoms with van der Waals surface area (Å²) in [6, 6.07) is 0. The maximum Gasteiger partial charge on any atom is 0.140 e. The van der Waals surface area contributed by atoms with Crippen LogP contribution in [0, 0.1) is 3.57 Å². The van der Waals surface area contributed by atoms with Crippen molar-refractivity contribution < 1.29 is 0 Å². The van der Waals surface area contributed by atoms with Crippen molar-refractivity contribution in [1.82, 2.24) is 9.78 Å². The van der Waals surface area contributed by atoms with Crippen LogP contribution < -0.4 is 4.90 Å². The van der Waals surface area contributed by atoms with Crippen LogP contribution in [0.5, 0.6) is 0 Å². The van der Waals surface area contributed by atoms with Crippen molar-refractivity contribution in [3.63, 3.8) is 0 Å². The topological polar surface area (TPSA) is 21.1 Å². The summed E-state index contributed by atoms with van der Waals surface area (Å²) in [7, 11) is 2.10. The van der Waals surface area contributed by atoms with E-state index < -0.39 is 0 Å². The van der Waals surface area contributed by atoms with Crippen LogP contribution in [0.1, 0.15) is 0 Å². The summed E-state index contributed by atoms with van der Waals surface area (Å²) in [6.45, 7) is 2.13. The fourth-order valence-electron chi connectivity index (χ4n) is 1.25. The van der Waals surface area contributed by atoms with Gasteiger partial charge in [0.25, 0.3) is 0 Å². The van der Waals surface area contributed by atoms with Crippen molar-refractivity contribution >= 4 is 28.4 Å². The Bertz CT molecular complexity index is 255. The highest BCUT2D eigenvalue weighted by Crippen LogP contribution is 2.24. The van der Waals surface area contributed by atoms with E-state index in [0.717, 1.165) is 13.1 Å². The van der Waals surface area contributed by atoms with Crippen molar-refractivity contribution in [2.75, 3.05) is 18.5 Å². The zero-order chi connectivity index (χ0) is 7.14. The molecule has 0 saturated carbocycles. The van der Waals surface area contributed by atoms with Gasteiger partial charge in [-0.25, -0.2) is 4.68 Å². The molecule has 0 unspecified atom stereocenters. The number of hydrogen-bond acceptors (Lipinski definition) is 2. The van der Waals surface area contributed by atoms with Crippen molar-refractivity contribution in [3.8, 4) is 0 Å². The van der Waals surface area contributed by atoms with Crippen molar-refractivity contribution in [1.29, 1.82) is 0 Å². The number of anilines is 1. The van der Waals surface area contributed by atoms with Crippen LogP contribution in [0.4, 0.5) is 5.82 Å². The molecule has 2 heterocycles. The van der Waals surface area contributed by atoms with Crippen molar-refractivity contribution in [2.24, 2.45) is 0 Å². The Labute approximate surface area is 73.1 Å².